The molecule has 2 heterocycles. The Morgan fingerprint density at radius 2 is 2.14 bits per heavy atom. The molecule has 1 aliphatic heterocycles. The Morgan fingerprint density at radius 1 is 1.38 bits per heavy atom. The normalized spacial score (nSPS) is 20.2. The van der Waals surface area contributed by atoms with Crippen molar-refractivity contribution in [2.24, 2.45) is 0 Å². The highest BCUT2D eigenvalue weighted by molar-refractivity contribution is 6.09. The van der Waals surface area contributed by atoms with Gasteiger partial charge in [0, 0.05) is 11.3 Å². The molecular formula is C16H15NO4. The molecule has 0 saturated carbocycles. The summed E-state index contributed by atoms with van der Waals surface area (Å²) >= 11 is 0. The Balaban J connectivity index is 2.03. The van der Waals surface area contributed by atoms with Crippen LogP contribution in [-0.2, 0) is 10.4 Å². The lowest BCUT2D eigenvalue weighted by Crippen LogP contribution is -2.37. The predicted octanol–water partition coefficient (Wildman–Crippen LogP) is 2.31. The smallest absolute Gasteiger partial charge is 0.261 e. The van der Waals surface area contributed by atoms with E-state index >= 15 is 0 Å². The van der Waals surface area contributed by atoms with E-state index in [1.807, 2.05) is 19.9 Å². The number of hydrogen-bond acceptors (Lipinski definition) is 4. The van der Waals surface area contributed by atoms with E-state index in [2.05, 4.69) is 5.32 Å². The number of carbonyl (C=O) groups excluding carboxylic acids is 2. The van der Waals surface area contributed by atoms with Gasteiger partial charge in [0.25, 0.3) is 5.91 Å². The van der Waals surface area contributed by atoms with Crippen LogP contribution in [0.4, 0.5) is 5.69 Å². The van der Waals surface area contributed by atoms with E-state index in [4.69, 9.17) is 4.42 Å². The lowest BCUT2D eigenvalue weighted by atomic mass is 9.86. The minimum Gasteiger partial charge on any atom is -0.461 e. The number of aliphatic hydroxyl groups is 1. The second-order valence-electron chi connectivity index (χ2n) is 5.40. The van der Waals surface area contributed by atoms with Crippen LogP contribution < -0.4 is 5.32 Å². The first-order chi connectivity index (χ1) is 9.91. The highest BCUT2D eigenvalue weighted by Gasteiger charge is 2.48. The summed E-state index contributed by atoms with van der Waals surface area (Å²) in [6.45, 7) is 3.72. The number of aryl methyl sites for hydroxylation is 2. The average molecular weight is 285 g/mol. The predicted molar refractivity (Wildman–Crippen MR) is 76.1 cm³/mol. The van der Waals surface area contributed by atoms with Gasteiger partial charge in [-0.25, -0.2) is 0 Å². The topological polar surface area (TPSA) is 79.5 Å². The summed E-state index contributed by atoms with van der Waals surface area (Å²) < 4.78 is 5.03. The van der Waals surface area contributed by atoms with Crippen LogP contribution in [0, 0.1) is 13.8 Å². The lowest BCUT2D eigenvalue weighted by molar-refractivity contribution is -0.133. The Hall–Kier alpha value is -2.40. The van der Waals surface area contributed by atoms with E-state index in [0.29, 0.717) is 11.3 Å². The highest BCUT2D eigenvalue weighted by Crippen LogP contribution is 2.41. The molecular weight excluding hydrogens is 270 g/mol. The third kappa shape index (κ3) is 2.06. The van der Waals surface area contributed by atoms with Crippen molar-refractivity contribution >= 4 is 17.4 Å². The van der Waals surface area contributed by atoms with Gasteiger partial charge in [-0.2, -0.15) is 0 Å². The van der Waals surface area contributed by atoms with E-state index in [1.165, 1.54) is 12.3 Å². The molecule has 0 fully saturated rings. The summed E-state index contributed by atoms with van der Waals surface area (Å²) in [6, 6.07) is 6.77. The highest BCUT2D eigenvalue weighted by atomic mass is 16.3. The van der Waals surface area contributed by atoms with Gasteiger partial charge in [0.2, 0.25) is 5.78 Å². The molecule has 0 aliphatic carbocycles. The molecule has 5 nitrogen and oxygen atoms in total. The van der Waals surface area contributed by atoms with Crippen LogP contribution in [0.25, 0.3) is 0 Å². The zero-order valence-electron chi connectivity index (χ0n) is 11.8. The summed E-state index contributed by atoms with van der Waals surface area (Å²) in [5, 5.41) is 13.4. The van der Waals surface area contributed by atoms with E-state index in [0.717, 1.165) is 11.1 Å². The molecule has 2 N–H and O–H groups in total. The van der Waals surface area contributed by atoms with Gasteiger partial charge in [-0.1, -0.05) is 6.07 Å². The molecule has 0 unspecified atom stereocenters. The van der Waals surface area contributed by atoms with Gasteiger partial charge >= 0.3 is 0 Å². The summed E-state index contributed by atoms with van der Waals surface area (Å²) in [5.41, 5.74) is 0.938. The number of Topliss-reactive ketones (excluding diaryl/α,β-unsaturated/α-hetero) is 1. The van der Waals surface area contributed by atoms with Crippen LogP contribution in [0.3, 0.4) is 0 Å². The minimum absolute atomic E-state index is 0.134. The van der Waals surface area contributed by atoms with Crippen LogP contribution in [0.5, 0.6) is 0 Å². The van der Waals surface area contributed by atoms with Crippen LogP contribution in [0.15, 0.2) is 34.9 Å². The molecule has 5 heteroatoms. The zero-order chi connectivity index (χ0) is 15.2. The van der Waals surface area contributed by atoms with Gasteiger partial charge in [0.15, 0.2) is 11.4 Å². The largest absolute Gasteiger partial charge is 0.461 e. The second kappa shape index (κ2) is 4.56. The first-order valence-corrected chi connectivity index (χ1v) is 6.64. The molecule has 0 saturated heterocycles. The quantitative estimate of drug-likeness (QED) is 0.848. The van der Waals surface area contributed by atoms with Gasteiger partial charge in [-0.05, 0) is 43.2 Å². The maximum atomic E-state index is 12.2. The summed E-state index contributed by atoms with van der Waals surface area (Å²) in [6.07, 6.45) is 1.04. The number of amides is 1. The fraction of sp³-hybridized carbons (Fsp3) is 0.250. The Morgan fingerprint density at radius 3 is 2.81 bits per heavy atom. The van der Waals surface area contributed by atoms with Crippen LogP contribution in [-0.4, -0.2) is 16.8 Å². The van der Waals surface area contributed by atoms with Crippen molar-refractivity contribution in [3.63, 3.8) is 0 Å². The maximum Gasteiger partial charge on any atom is 0.261 e. The number of fused-ring (bicyclic) bond motifs is 1. The van der Waals surface area contributed by atoms with Gasteiger partial charge in [-0.3, -0.25) is 9.59 Å². The average Bonchev–Trinajstić information content (AvgIpc) is 2.97. The molecule has 1 atom stereocenters. The molecule has 0 radical (unpaired) electrons. The monoisotopic (exact) mass is 285 g/mol. The first-order valence-electron chi connectivity index (χ1n) is 6.64. The molecule has 1 amide bonds. The molecule has 2 aromatic rings. The number of ketones is 1. The van der Waals surface area contributed by atoms with E-state index < -0.39 is 17.3 Å². The van der Waals surface area contributed by atoms with Crippen molar-refractivity contribution in [1.29, 1.82) is 0 Å². The fourth-order valence-electron chi connectivity index (χ4n) is 2.88. The van der Waals surface area contributed by atoms with E-state index in [-0.39, 0.29) is 12.2 Å². The van der Waals surface area contributed by atoms with Crippen LogP contribution in [0.1, 0.15) is 33.7 Å². The van der Waals surface area contributed by atoms with E-state index in [1.54, 1.807) is 12.1 Å². The summed E-state index contributed by atoms with van der Waals surface area (Å²) in [5.74, 6) is -0.856. The Kier molecular flexibility index (Phi) is 2.95. The van der Waals surface area contributed by atoms with Gasteiger partial charge in [0.1, 0.15) is 0 Å². The van der Waals surface area contributed by atoms with Crippen molar-refractivity contribution < 1.29 is 19.1 Å². The van der Waals surface area contributed by atoms with Crippen molar-refractivity contribution in [3.8, 4) is 0 Å². The van der Waals surface area contributed by atoms with Crippen molar-refractivity contribution in [2.75, 3.05) is 5.32 Å². The lowest BCUT2D eigenvalue weighted by Gasteiger charge is -2.21. The van der Waals surface area contributed by atoms with Crippen molar-refractivity contribution in [3.05, 3.63) is 53.0 Å². The van der Waals surface area contributed by atoms with Gasteiger partial charge in [-0.15, -0.1) is 0 Å². The Labute approximate surface area is 121 Å². The van der Waals surface area contributed by atoms with Crippen LogP contribution in [0.2, 0.25) is 0 Å². The number of hydrogen-bond donors (Lipinski definition) is 2. The first kappa shape index (κ1) is 13.6. The standard InChI is InChI=1S/C16H15NO4/c1-9-6-10(2)14-11(7-9)17-15(19)16(14,20)8-12(18)13-4-3-5-21-13/h3-7,20H,8H2,1-2H3,(H,17,19)/t16-/m1/s1. The van der Waals surface area contributed by atoms with Gasteiger partial charge < -0.3 is 14.8 Å². The van der Waals surface area contributed by atoms with Crippen LogP contribution >= 0.6 is 0 Å². The third-order valence-electron chi connectivity index (χ3n) is 3.73. The number of furan rings is 1. The fourth-order valence-corrected chi connectivity index (χ4v) is 2.88. The molecule has 0 spiro atoms. The zero-order valence-corrected chi connectivity index (χ0v) is 11.8. The molecule has 1 aromatic carbocycles. The minimum atomic E-state index is -1.85. The van der Waals surface area contributed by atoms with Crippen molar-refractivity contribution in [2.45, 2.75) is 25.9 Å². The summed E-state index contributed by atoms with van der Waals surface area (Å²) in [4.78, 5) is 24.3. The number of anilines is 1. The number of carbonyl (C=O) groups is 2. The number of rotatable bonds is 3. The Bertz CT molecular complexity index is 733. The molecule has 1 aliphatic rings. The molecule has 21 heavy (non-hydrogen) atoms. The molecule has 3 rings (SSSR count). The van der Waals surface area contributed by atoms with Crippen molar-refractivity contribution in [1.82, 2.24) is 0 Å². The van der Waals surface area contributed by atoms with Gasteiger partial charge in [0.05, 0.1) is 12.7 Å². The molecule has 108 valence electrons. The van der Waals surface area contributed by atoms with E-state index in [9.17, 15) is 14.7 Å². The summed E-state index contributed by atoms with van der Waals surface area (Å²) in [7, 11) is 0. The second-order valence-corrected chi connectivity index (χ2v) is 5.40. The molecule has 1 aromatic heterocycles. The maximum absolute atomic E-state index is 12.2. The number of nitrogens with one attached hydrogen (secondary N) is 1. The molecule has 0 bridgehead atoms. The SMILES string of the molecule is Cc1cc(C)c2c(c1)NC(=O)[C@@]2(O)CC(=O)c1ccco1. The number of benzene rings is 1. The third-order valence-corrected chi connectivity index (χ3v) is 3.73.